The summed E-state index contributed by atoms with van der Waals surface area (Å²) in [6.45, 7) is 5.04. The van der Waals surface area contributed by atoms with E-state index in [4.69, 9.17) is 0 Å². The predicted octanol–water partition coefficient (Wildman–Crippen LogP) is 2.76. The van der Waals surface area contributed by atoms with Gasteiger partial charge in [-0.05, 0) is 31.9 Å². The van der Waals surface area contributed by atoms with Crippen molar-refractivity contribution in [2.75, 3.05) is 11.9 Å². The van der Waals surface area contributed by atoms with Crippen LogP contribution in [0.25, 0.3) is 0 Å². The first kappa shape index (κ1) is 11.4. The molecule has 78 valence electrons. The third-order valence-corrected chi connectivity index (χ3v) is 3.11. The Bertz CT molecular complexity index is 261. The Morgan fingerprint density at radius 1 is 1.43 bits per heavy atom. The Morgan fingerprint density at radius 3 is 2.79 bits per heavy atom. The molecule has 1 N–H and O–H groups in total. The summed E-state index contributed by atoms with van der Waals surface area (Å²) in [4.78, 5) is 0.591. The molecular formula is C10H16BrN3. The van der Waals surface area contributed by atoms with Crippen molar-refractivity contribution in [1.29, 1.82) is 0 Å². The molecule has 0 saturated heterocycles. The standard InChI is InChI=1S/C10H16BrN3/c1-3-9(11)6-7-12-10-5-4-8(2)13-14-10/h4-5,9H,3,6-7H2,1-2H3,(H,12,14). The van der Waals surface area contributed by atoms with Crippen LogP contribution in [0.15, 0.2) is 12.1 Å². The van der Waals surface area contributed by atoms with E-state index >= 15 is 0 Å². The summed E-state index contributed by atoms with van der Waals surface area (Å²) >= 11 is 3.59. The van der Waals surface area contributed by atoms with E-state index in [0.717, 1.165) is 30.9 Å². The fourth-order valence-electron chi connectivity index (χ4n) is 1.05. The zero-order chi connectivity index (χ0) is 10.4. The number of alkyl halides is 1. The van der Waals surface area contributed by atoms with Gasteiger partial charge in [-0.15, -0.1) is 5.10 Å². The first-order chi connectivity index (χ1) is 6.72. The van der Waals surface area contributed by atoms with Crippen molar-refractivity contribution in [2.24, 2.45) is 0 Å². The van der Waals surface area contributed by atoms with Gasteiger partial charge >= 0.3 is 0 Å². The molecule has 0 fully saturated rings. The van der Waals surface area contributed by atoms with Crippen LogP contribution >= 0.6 is 15.9 Å². The predicted molar refractivity (Wildman–Crippen MR) is 62.9 cm³/mol. The lowest BCUT2D eigenvalue weighted by Crippen LogP contribution is -2.09. The van der Waals surface area contributed by atoms with Gasteiger partial charge in [0.1, 0.15) is 5.82 Å². The number of halogens is 1. The lowest BCUT2D eigenvalue weighted by molar-refractivity contribution is 0.771. The number of aryl methyl sites for hydroxylation is 1. The second-order valence-corrected chi connectivity index (χ2v) is 4.58. The number of nitrogens with zero attached hydrogens (tertiary/aromatic N) is 2. The second-order valence-electron chi connectivity index (χ2n) is 3.28. The zero-order valence-corrected chi connectivity index (χ0v) is 10.2. The fourth-order valence-corrected chi connectivity index (χ4v) is 1.28. The molecule has 0 spiro atoms. The summed E-state index contributed by atoms with van der Waals surface area (Å²) in [6, 6.07) is 3.91. The van der Waals surface area contributed by atoms with E-state index in [-0.39, 0.29) is 0 Å². The van der Waals surface area contributed by atoms with Crippen molar-refractivity contribution in [1.82, 2.24) is 10.2 Å². The van der Waals surface area contributed by atoms with Crippen LogP contribution in [0.3, 0.4) is 0 Å². The molecule has 0 amide bonds. The van der Waals surface area contributed by atoms with Crippen LogP contribution in [0, 0.1) is 6.92 Å². The minimum Gasteiger partial charge on any atom is -0.369 e. The Morgan fingerprint density at radius 2 is 2.21 bits per heavy atom. The number of nitrogens with one attached hydrogen (secondary N) is 1. The van der Waals surface area contributed by atoms with Gasteiger partial charge in [0, 0.05) is 11.4 Å². The van der Waals surface area contributed by atoms with E-state index in [9.17, 15) is 0 Å². The summed E-state index contributed by atoms with van der Waals surface area (Å²) < 4.78 is 0. The van der Waals surface area contributed by atoms with E-state index in [0.29, 0.717) is 4.83 Å². The lowest BCUT2D eigenvalue weighted by atomic mass is 10.2. The Kier molecular flexibility index (Phi) is 4.87. The van der Waals surface area contributed by atoms with E-state index < -0.39 is 0 Å². The molecule has 0 aromatic carbocycles. The molecule has 1 aromatic heterocycles. The van der Waals surface area contributed by atoms with Crippen molar-refractivity contribution >= 4 is 21.7 Å². The quantitative estimate of drug-likeness (QED) is 0.825. The molecule has 0 aliphatic heterocycles. The van der Waals surface area contributed by atoms with Gasteiger partial charge < -0.3 is 5.32 Å². The van der Waals surface area contributed by atoms with Gasteiger partial charge in [-0.2, -0.15) is 5.10 Å². The molecular weight excluding hydrogens is 242 g/mol. The van der Waals surface area contributed by atoms with Crippen LogP contribution in [-0.4, -0.2) is 21.6 Å². The van der Waals surface area contributed by atoms with Crippen molar-refractivity contribution in [3.63, 3.8) is 0 Å². The molecule has 14 heavy (non-hydrogen) atoms. The average molecular weight is 258 g/mol. The molecule has 0 radical (unpaired) electrons. The van der Waals surface area contributed by atoms with Gasteiger partial charge in [0.05, 0.1) is 5.69 Å². The summed E-state index contributed by atoms with van der Waals surface area (Å²) in [6.07, 6.45) is 2.26. The molecule has 1 rings (SSSR count). The van der Waals surface area contributed by atoms with Crippen LogP contribution in [0.5, 0.6) is 0 Å². The molecule has 0 aliphatic carbocycles. The number of anilines is 1. The molecule has 1 atom stereocenters. The maximum absolute atomic E-state index is 4.02. The first-order valence-electron chi connectivity index (χ1n) is 4.90. The van der Waals surface area contributed by atoms with E-state index in [1.165, 1.54) is 0 Å². The van der Waals surface area contributed by atoms with Gasteiger partial charge in [-0.25, -0.2) is 0 Å². The number of hydrogen-bond donors (Lipinski definition) is 1. The normalized spacial score (nSPS) is 12.5. The molecule has 0 aliphatic rings. The highest BCUT2D eigenvalue weighted by molar-refractivity contribution is 9.09. The average Bonchev–Trinajstić information content (AvgIpc) is 2.21. The van der Waals surface area contributed by atoms with Crippen LogP contribution in [0.2, 0.25) is 0 Å². The minimum absolute atomic E-state index is 0.591. The van der Waals surface area contributed by atoms with E-state index in [1.54, 1.807) is 0 Å². The maximum Gasteiger partial charge on any atom is 0.148 e. The highest BCUT2D eigenvalue weighted by Gasteiger charge is 2.00. The van der Waals surface area contributed by atoms with Gasteiger partial charge in [0.25, 0.3) is 0 Å². The van der Waals surface area contributed by atoms with Crippen molar-refractivity contribution < 1.29 is 0 Å². The second kappa shape index (κ2) is 5.96. The minimum atomic E-state index is 0.591. The van der Waals surface area contributed by atoms with Crippen LogP contribution in [-0.2, 0) is 0 Å². The van der Waals surface area contributed by atoms with E-state index in [2.05, 4.69) is 38.4 Å². The van der Waals surface area contributed by atoms with Crippen molar-refractivity contribution in [2.45, 2.75) is 31.5 Å². The van der Waals surface area contributed by atoms with Gasteiger partial charge in [-0.1, -0.05) is 22.9 Å². The molecule has 0 saturated carbocycles. The summed E-state index contributed by atoms with van der Waals surface area (Å²) in [7, 11) is 0. The number of hydrogen-bond acceptors (Lipinski definition) is 3. The molecule has 4 heteroatoms. The third kappa shape index (κ3) is 4.05. The van der Waals surface area contributed by atoms with Crippen molar-refractivity contribution in [3.05, 3.63) is 17.8 Å². The summed E-state index contributed by atoms with van der Waals surface area (Å²) in [5, 5.41) is 11.2. The molecule has 1 aromatic rings. The zero-order valence-electron chi connectivity index (χ0n) is 8.63. The molecule has 1 unspecified atom stereocenters. The molecule has 3 nitrogen and oxygen atoms in total. The molecule has 0 bridgehead atoms. The first-order valence-corrected chi connectivity index (χ1v) is 5.82. The van der Waals surface area contributed by atoms with Crippen LogP contribution < -0.4 is 5.32 Å². The third-order valence-electron chi connectivity index (χ3n) is 2.00. The number of rotatable bonds is 5. The molecule has 1 heterocycles. The van der Waals surface area contributed by atoms with Gasteiger partial charge in [0.15, 0.2) is 0 Å². The Labute approximate surface area is 93.4 Å². The largest absolute Gasteiger partial charge is 0.369 e. The highest BCUT2D eigenvalue weighted by atomic mass is 79.9. The van der Waals surface area contributed by atoms with Crippen molar-refractivity contribution in [3.8, 4) is 0 Å². The SMILES string of the molecule is CCC(Br)CCNc1ccc(C)nn1. The van der Waals surface area contributed by atoms with Gasteiger partial charge in [0.2, 0.25) is 0 Å². The monoisotopic (exact) mass is 257 g/mol. The topological polar surface area (TPSA) is 37.8 Å². The number of aromatic nitrogens is 2. The lowest BCUT2D eigenvalue weighted by Gasteiger charge is -2.07. The van der Waals surface area contributed by atoms with Crippen LogP contribution in [0.1, 0.15) is 25.5 Å². The summed E-state index contributed by atoms with van der Waals surface area (Å²) in [5.41, 5.74) is 0.947. The van der Waals surface area contributed by atoms with Crippen LogP contribution in [0.4, 0.5) is 5.82 Å². The fraction of sp³-hybridized carbons (Fsp3) is 0.600. The summed E-state index contributed by atoms with van der Waals surface area (Å²) in [5.74, 6) is 0.853. The van der Waals surface area contributed by atoms with Gasteiger partial charge in [-0.3, -0.25) is 0 Å². The Balaban J connectivity index is 2.28. The van der Waals surface area contributed by atoms with E-state index in [1.807, 2.05) is 19.1 Å². The smallest absolute Gasteiger partial charge is 0.148 e. The Hall–Kier alpha value is -0.640. The highest BCUT2D eigenvalue weighted by Crippen LogP contribution is 2.09. The maximum atomic E-state index is 4.02.